The maximum atomic E-state index is 10.8. The monoisotopic (exact) mass is 233 g/mol. The van der Waals surface area contributed by atoms with Crippen LogP contribution in [0.1, 0.15) is 55.9 Å². The number of nitrogens with zero attached hydrogens (tertiary/aromatic N) is 1. The summed E-state index contributed by atoms with van der Waals surface area (Å²) in [5.41, 5.74) is 0. The summed E-state index contributed by atoms with van der Waals surface area (Å²) in [5.74, 6) is -0.158. The largest absolute Gasteiger partial charge is 0.462 e. The van der Waals surface area contributed by atoms with E-state index in [-0.39, 0.29) is 34.4 Å². The molecule has 0 aromatic carbocycles. The van der Waals surface area contributed by atoms with E-state index >= 15 is 0 Å². The molecule has 0 aromatic rings. The SMILES string of the molecule is C.C.C.CC(=O)OC1CC(C)N(C)C(C)C1. The number of rotatable bonds is 1. The van der Waals surface area contributed by atoms with Crippen LogP contribution in [0.5, 0.6) is 0 Å². The molecular weight excluding hydrogens is 202 g/mol. The summed E-state index contributed by atoms with van der Waals surface area (Å²) in [7, 11) is 2.12. The van der Waals surface area contributed by atoms with Crippen LogP contribution in [0.25, 0.3) is 0 Å². The number of esters is 1. The molecule has 3 nitrogen and oxygen atoms in total. The summed E-state index contributed by atoms with van der Waals surface area (Å²) in [4.78, 5) is 13.1. The molecule has 0 N–H and O–H groups in total. The van der Waals surface area contributed by atoms with Gasteiger partial charge in [0.2, 0.25) is 0 Å². The van der Waals surface area contributed by atoms with Gasteiger partial charge in [0.15, 0.2) is 0 Å². The Morgan fingerprint density at radius 3 is 1.81 bits per heavy atom. The second-order valence-electron chi connectivity index (χ2n) is 4.07. The molecule has 1 fully saturated rings. The topological polar surface area (TPSA) is 29.5 Å². The van der Waals surface area contributed by atoms with Gasteiger partial charge in [-0.1, -0.05) is 22.3 Å². The number of carbonyl (C=O) groups is 1. The van der Waals surface area contributed by atoms with Crippen molar-refractivity contribution in [2.75, 3.05) is 7.05 Å². The van der Waals surface area contributed by atoms with Crippen molar-refractivity contribution in [3.63, 3.8) is 0 Å². The zero-order valence-electron chi connectivity index (χ0n) is 8.91. The Bertz CT molecular complexity index is 182. The Morgan fingerprint density at radius 1 is 1.12 bits per heavy atom. The van der Waals surface area contributed by atoms with Crippen molar-refractivity contribution in [1.29, 1.82) is 0 Å². The Labute approximate surface area is 102 Å². The first-order valence-electron chi connectivity index (χ1n) is 4.90. The highest BCUT2D eigenvalue weighted by Crippen LogP contribution is 2.23. The molecule has 0 amide bonds. The molecule has 0 aliphatic carbocycles. The van der Waals surface area contributed by atoms with E-state index in [4.69, 9.17) is 4.74 Å². The Kier molecular flexibility index (Phi) is 11.1. The Hall–Kier alpha value is -0.570. The van der Waals surface area contributed by atoms with Gasteiger partial charge in [-0.3, -0.25) is 4.79 Å². The molecule has 16 heavy (non-hydrogen) atoms. The van der Waals surface area contributed by atoms with E-state index in [0.29, 0.717) is 12.1 Å². The molecular formula is C13H31NO2. The zero-order valence-corrected chi connectivity index (χ0v) is 8.91. The molecule has 0 spiro atoms. The molecule has 0 bridgehead atoms. The molecule has 0 aromatic heterocycles. The summed E-state index contributed by atoms with van der Waals surface area (Å²) < 4.78 is 5.21. The van der Waals surface area contributed by atoms with Crippen LogP contribution in [-0.4, -0.2) is 36.1 Å². The van der Waals surface area contributed by atoms with Gasteiger partial charge in [-0.05, 0) is 33.7 Å². The fourth-order valence-corrected chi connectivity index (χ4v) is 1.96. The lowest BCUT2D eigenvalue weighted by molar-refractivity contribution is -0.150. The second-order valence-corrected chi connectivity index (χ2v) is 4.07. The van der Waals surface area contributed by atoms with Gasteiger partial charge >= 0.3 is 5.97 Å². The third-order valence-electron chi connectivity index (χ3n) is 2.93. The van der Waals surface area contributed by atoms with Crippen LogP contribution >= 0.6 is 0 Å². The van der Waals surface area contributed by atoms with Crippen molar-refractivity contribution in [3.05, 3.63) is 0 Å². The summed E-state index contributed by atoms with van der Waals surface area (Å²) in [5, 5.41) is 0. The van der Waals surface area contributed by atoms with Crippen molar-refractivity contribution in [2.24, 2.45) is 0 Å². The molecule has 1 saturated heterocycles. The first-order valence-corrected chi connectivity index (χ1v) is 4.90. The van der Waals surface area contributed by atoms with E-state index in [9.17, 15) is 4.79 Å². The van der Waals surface area contributed by atoms with Crippen molar-refractivity contribution in [3.8, 4) is 0 Å². The molecule has 2 atom stereocenters. The lowest BCUT2D eigenvalue weighted by Gasteiger charge is -2.39. The molecule has 0 saturated carbocycles. The maximum Gasteiger partial charge on any atom is 0.302 e. The van der Waals surface area contributed by atoms with E-state index in [0.717, 1.165) is 12.8 Å². The van der Waals surface area contributed by atoms with Crippen LogP contribution in [0.2, 0.25) is 0 Å². The quantitative estimate of drug-likeness (QED) is 0.651. The van der Waals surface area contributed by atoms with E-state index in [2.05, 4.69) is 25.8 Å². The first kappa shape index (κ1) is 20.8. The summed E-state index contributed by atoms with van der Waals surface area (Å²) in [6.45, 7) is 5.83. The van der Waals surface area contributed by atoms with Crippen molar-refractivity contribution in [2.45, 2.75) is 74.1 Å². The third-order valence-corrected chi connectivity index (χ3v) is 2.93. The molecule has 3 heteroatoms. The molecule has 100 valence electrons. The average molecular weight is 233 g/mol. The lowest BCUT2D eigenvalue weighted by Crippen LogP contribution is -2.46. The molecule has 1 aliphatic rings. The van der Waals surface area contributed by atoms with Gasteiger partial charge in [0.25, 0.3) is 0 Å². The number of carbonyl (C=O) groups excluding carboxylic acids is 1. The predicted octanol–water partition coefficient (Wildman–Crippen LogP) is 3.33. The average Bonchev–Trinajstić information content (AvgIpc) is 1.98. The van der Waals surface area contributed by atoms with E-state index in [1.165, 1.54) is 6.92 Å². The number of ether oxygens (including phenoxy) is 1. The van der Waals surface area contributed by atoms with Crippen LogP contribution in [0.3, 0.4) is 0 Å². The highest BCUT2D eigenvalue weighted by atomic mass is 16.5. The summed E-state index contributed by atoms with van der Waals surface area (Å²) >= 11 is 0. The van der Waals surface area contributed by atoms with Crippen LogP contribution in [0.15, 0.2) is 0 Å². The minimum Gasteiger partial charge on any atom is -0.462 e. The van der Waals surface area contributed by atoms with Crippen LogP contribution in [0, 0.1) is 0 Å². The van der Waals surface area contributed by atoms with Crippen LogP contribution in [-0.2, 0) is 9.53 Å². The number of likely N-dealkylation sites (tertiary alicyclic amines) is 1. The highest BCUT2D eigenvalue weighted by molar-refractivity contribution is 5.66. The Morgan fingerprint density at radius 2 is 1.50 bits per heavy atom. The number of piperidine rings is 1. The number of hydrogen-bond donors (Lipinski definition) is 0. The molecule has 1 heterocycles. The van der Waals surface area contributed by atoms with Gasteiger partial charge < -0.3 is 9.64 Å². The summed E-state index contributed by atoms with van der Waals surface area (Å²) in [6.07, 6.45) is 2.04. The normalized spacial score (nSPS) is 29.1. The van der Waals surface area contributed by atoms with Gasteiger partial charge in [-0.15, -0.1) is 0 Å². The Balaban J connectivity index is -0.000000563. The van der Waals surface area contributed by atoms with Gasteiger partial charge in [0.1, 0.15) is 6.10 Å². The second kappa shape index (κ2) is 8.57. The standard InChI is InChI=1S/C10H19NO2.3CH4/c1-7-5-10(13-9(3)12)6-8(2)11(7)4;;;/h7-8,10H,5-6H2,1-4H3;3*1H4. The van der Waals surface area contributed by atoms with Crippen LogP contribution < -0.4 is 0 Å². The predicted molar refractivity (Wildman–Crippen MR) is 71.7 cm³/mol. The number of hydrogen-bond acceptors (Lipinski definition) is 3. The molecule has 1 aliphatic heterocycles. The lowest BCUT2D eigenvalue weighted by atomic mass is 9.95. The van der Waals surface area contributed by atoms with Gasteiger partial charge in [-0.2, -0.15) is 0 Å². The maximum absolute atomic E-state index is 10.8. The highest BCUT2D eigenvalue weighted by Gasteiger charge is 2.29. The third kappa shape index (κ3) is 5.50. The van der Waals surface area contributed by atoms with Gasteiger partial charge in [-0.25, -0.2) is 0 Å². The van der Waals surface area contributed by atoms with E-state index in [1.54, 1.807) is 0 Å². The van der Waals surface area contributed by atoms with Crippen molar-refractivity contribution < 1.29 is 9.53 Å². The van der Waals surface area contributed by atoms with Gasteiger partial charge in [0, 0.05) is 19.0 Å². The fourth-order valence-electron chi connectivity index (χ4n) is 1.96. The fraction of sp³-hybridized carbons (Fsp3) is 0.923. The van der Waals surface area contributed by atoms with E-state index < -0.39 is 0 Å². The van der Waals surface area contributed by atoms with Crippen molar-refractivity contribution >= 4 is 5.97 Å². The summed E-state index contributed by atoms with van der Waals surface area (Å²) in [6, 6.07) is 1.01. The molecule has 1 rings (SSSR count). The smallest absolute Gasteiger partial charge is 0.302 e. The molecule has 2 unspecified atom stereocenters. The minimum atomic E-state index is -0.158. The van der Waals surface area contributed by atoms with Crippen molar-refractivity contribution in [1.82, 2.24) is 4.90 Å². The first-order chi connectivity index (χ1) is 6.00. The minimum absolute atomic E-state index is 0. The van der Waals surface area contributed by atoms with Gasteiger partial charge in [0.05, 0.1) is 0 Å². The molecule has 0 radical (unpaired) electrons. The zero-order chi connectivity index (χ0) is 10.0. The van der Waals surface area contributed by atoms with E-state index in [1.807, 2.05) is 0 Å². The van der Waals surface area contributed by atoms with Crippen LogP contribution in [0.4, 0.5) is 0 Å².